The van der Waals surface area contributed by atoms with Crippen molar-refractivity contribution in [1.82, 2.24) is 4.98 Å². The maximum atomic E-state index is 13.5. The lowest BCUT2D eigenvalue weighted by molar-refractivity contribution is 0.0984. The number of aromatic nitrogens is 1. The van der Waals surface area contributed by atoms with Crippen LogP contribution in [0.4, 0.5) is 5.69 Å². The molecule has 0 saturated heterocycles. The Balaban J connectivity index is 1.59. The fourth-order valence-corrected chi connectivity index (χ4v) is 5.33. The third-order valence-corrected chi connectivity index (χ3v) is 6.96. The normalized spacial score (nSPS) is 15.8. The Morgan fingerprint density at radius 3 is 2.77 bits per heavy atom. The molecule has 0 bridgehead atoms. The third-order valence-electron chi connectivity index (χ3n) is 5.71. The van der Waals surface area contributed by atoms with Gasteiger partial charge in [-0.3, -0.25) is 4.79 Å². The summed E-state index contributed by atoms with van der Waals surface area (Å²) in [6, 6.07) is 17.5. The molecule has 0 spiro atoms. The van der Waals surface area contributed by atoms with Gasteiger partial charge in [0.1, 0.15) is 11.4 Å². The maximum absolute atomic E-state index is 13.5. The van der Waals surface area contributed by atoms with Crippen LogP contribution in [-0.2, 0) is 0 Å². The smallest absolute Gasteiger partial charge is 0.274 e. The summed E-state index contributed by atoms with van der Waals surface area (Å²) >= 11 is 8.07. The SMILES string of the molecule is CCSc1ccc2[nH]c(C(=O)N3C[C@@H](CCl)c4c3cc(O)c3ccccc43)cc2c1. The molecule has 0 saturated carbocycles. The molecule has 2 heterocycles. The number of nitrogens with zero attached hydrogens (tertiary/aromatic N) is 1. The molecule has 30 heavy (non-hydrogen) atoms. The number of carbonyl (C=O) groups is 1. The number of nitrogens with one attached hydrogen (secondary N) is 1. The van der Waals surface area contributed by atoms with Crippen molar-refractivity contribution >= 4 is 56.6 Å². The standard InChI is InChI=1S/C24H21ClN2O2S/c1-2-30-16-7-8-19-14(9-16)10-20(26-19)24(29)27-13-15(12-25)23-18-6-4-3-5-17(18)22(28)11-21(23)27/h3-11,15,26,28H,2,12-13H2,1H3/t15-/m1/s1. The Morgan fingerprint density at radius 2 is 2.00 bits per heavy atom. The van der Waals surface area contributed by atoms with Gasteiger partial charge in [-0.15, -0.1) is 23.4 Å². The molecule has 152 valence electrons. The molecule has 1 aliphatic heterocycles. The summed E-state index contributed by atoms with van der Waals surface area (Å²) in [6.07, 6.45) is 0. The second-order valence-electron chi connectivity index (χ2n) is 7.51. The number of alkyl halides is 1. The molecule has 2 N–H and O–H groups in total. The summed E-state index contributed by atoms with van der Waals surface area (Å²) in [5.41, 5.74) is 3.25. The largest absolute Gasteiger partial charge is 0.507 e. The molecule has 4 nitrogen and oxygen atoms in total. The van der Waals surface area contributed by atoms with Crippen molar-refractivity contribution in [3.05, 3.63) is 65.9 Å². The summed E-state index contributed by atoms with van der Waals surface area (Å²) < 4.78 is 0. The zero-order valence-corrected chi connectivity index (χ0v) is 18.1. The number of thioether (sulfide) groups is 1. The predicted octanol–water partition coefficient (Wildman–Crippen LogP) is 6.12. The molecule has 0 aliphatic carbocycles. The summed E-state index contributed by atoms with van der Waals surface area (Å²) in [6.45, 7) is 2.62. The highest BCUT2D eigenvalue weighted by molar-refractivity contribution is 7.99. The van der Waals surface area contributed by atoms with E-state index in [0.717, 1.165) is 38.7 Å². The van der Waals surface area contributed by atoms with Gasteiger partial charge in [0.05, 0.1) is 5.69 Å². The van der Waals surface area contributed by atoms with E-state index in [1.807, 2.05) is 36.4 Å². The van der Waals surface area contributed by atoms with Gasteiger partial charge in [0.2, 0.25) is 0 Å². The first kappa shape index (κ1) is 19.3. The Hall–Kier alpha value is -2.63. The van der Waals surface area contributed by atoms with Gasteiger partial charge in [-0.2, -0.15) is 0 Å². The lowest BCUT2D eigenvalue weighted by Gasteiger charge is -2.17. The minimum atomic E-state index is -0.112. The minimum absolute atomic E-state index is 0.0213. The van der Waals surface area contributed by atoms with Crippen LogP contribution in [0.15, 0.2) is 59.5 Å². The zero-order valence-electron chi connectivity index (χ0n) is 16.5. The van der Waals surface area contributed by atoms with Crippen LogP contribution in [0.25, 0.3) is 21.7 Å². The van der Waals surface area contributed by atoms with E-state index in [1.165, 1.54) is 4.90 Å². The summed E-state index contributed by atoms with van der Waals surface area (Å²) in [5, 5.41) is 13.3. The first-order valence-electron chi connectivity index (χ1n) is 9.98. The average molecular weight is 437 g/mol. The highest BCUT2D eigenvalue weighted by Gasteiger charge is 2.35. The number of halogens is 1. The monoisotopic (exact) mass is 436 g/mol. The number of hydrogen-bond donors (Lipinski definition) is 2. The number of hydrogen-bond acceptors (Lipinski definition) is 3. The van der Waals surface area contributed by atoms with Crippen molar-refractivity contribution in [2.24, 2.45) is 0 Å². The molecule has 5 rings (SSSR count). The van der Waals surface area contributed by atoms with Crippen LogP contribution >= 0.6 is 23.4 Å². The topological polar surface area (TPSA) is 56.3 Å². The molecule has 1 aliphatic rings. The number of anilines is 1. The zero-order chi connectivity index (χ0) is 20.8. The van der Waals surface area contributed by atoms with Gasteiger partial charge < -0.3 is 15.0 Å². The highest BCUT2D eigenvalue weighted by Crippen LogP contribution is 2.45. The Bertz CT molecular complexity index is 1280. The number of H-pyrrole nitrogens is 1. The quantitative estimate of drug-likeness (QED) is 0.299. The van der Waals surface area contributed by atoms with Crippen molar-refractivity contribution in [2.75, 3.05) is 23.1 Å². The van der Waals surface area contributed by atoms with Gasteiger partial charge in [-0.25, -0.2) is 0 Å². The van der Waals surface area contributed by atoms with Gasteiger partial charge >= 0.3 is 0 Å². The van der Waals surface area contributed by atoms with E-state index in [-0.39, 0.29) is 17.6 Å². The number of phenolic OH excluding ortho intramolecular Hbond substituents is 1. The average Bonchev–Trinajstić information content (AvgIpc) is 3.35. The molecule has 1 atom stereocenters. The van der Waals surface area contributed by atoms with Crippen molar-refractivity contribution in [2.45, 2.75) is 17.7 Å². The maximum Gasteiger partial charge on any atom is 0.274 e. The van der Waals surface area contributed by atoms with E-state index >= 15 is 0 Å². The molecule has 1 aromatic heterocycles. The number of rotatable bonds is 4. The van der Waals surface area contributed by atoms with E-state index in [9.17, 15) is 9.90 Å². The molecular formula is C24H21ClN2O2S. The van der Waals surface area contributed by atoms with Crippen LogP contribution in [0.2, 0.25) is 0 Å². The molecule has 6 heteroatoms. The fraction of sp³-hybridized carbons (Fsp3) is 0.208. The van der Waals surface area contributed by atoms with Gasteiger partial charge in [-0.05, 0) is 41.0 Å². The van der Waals surface area contributed by atoms with Gasteiger partial charge in [-0.1, -0.05) is 31.2 Å². The molecule has 3 aromatic carbocycles. The lowest BCUT2D eigenvalue weighted by atomic mass is 9.95. The van der Waals surface area contributed by atoms with Crippen LogP contribution in [-0.4, -0.2) is 34.2 Å². The lowest BCUT2D eigenvalue weighted by Crippen LogP contribution is -2.30. The van der Waals surface area contributed by atoms with Crippen molar-refractivity contribution < 1.29 is 9.90 Å². The molecule has 0 radical (unpaired) electrons. The first-order valence-corrected chi connectivity index (χ1v) is 11.5. The van der Waals surface area contributed by atoms with E-state index in [2.05, 4.69) is 24.0 Å². The van der Waals surface area contributed by atoms with Crippen LogP contribution in [0.5, 0.6) is 5.75 Å². The highest BCUT2D eigenvalue weighted by atomic mass is 35.5. The molecule has 0 unspecified atom stereocenters. The Kier molecular flexibility index (Phi) is 4.88. The number of phenols is 1. The second kappa shape index (κ2) is 7.56. The van der Waals surface area contributed by atoms with E-state index in [1.54, 1.807) is 22.7 Å². The first-order chi connectivity index (χ1) is 14.6. The van der Waals surface area contributed by atoms with Crippen LogP contribution in [0.1, 0.15) is 28.9 Å². The summed E-state index contributed by atoms with van der Waals surface area (Å²) in [4.78, 5) is 19.6. The number of fused-ring (bicyclic) bond motifs is 4. The molecule has 1 amide bonds. The van der Waals surface area contributed by atoms with Crippen molar-refractivity contribution in [1.29, 1.82) is 0 Å². The van der Waals surface area contributed by atoms with Crippen molar-refractivity contribution in [3.63, 3.8) is 0 Å². The number of aromatic hydroxyl groups is 1. The number of amides is 1. The van der Waals surface area contributed by atoms with E-state index < -0.39 is 0 Å². The predicted molar refractivity (Wildman–Crippen MR) is 125 cm³/mol. The fourth-order valence-electron chi connectivity index (χ4n) is 4.37. The van der Waals surface area contributed by atoms with Gasteiger partial charge in [0.15, 0.2) is 0 Å². The minimum Gasteiger partial charge on any atom is -0.507 e. The van der Waals surface area contributed by atoms with Crippen LogP contribution in [0.3, 0.4) is 0 Å². The second-order valence-corrected chi connectivity index (χ2v) is 9.15. The molecule has 0 fully saturated rings. The van der Waals surface area contributed by atoms with E-state index in [0.29, 0.717) is 18.1 Å². The Morgan fingerprint density at radius 1 is 1.20 bits per heavy atom. The molecule has 4 aromatic rings. The van der Waals surface area contributed by atoms with Crippen LogP contribution in [0, 0.1) is 0 Å². The number of aromatic amines is 1. The Labute approximate surface area is 183 Å². The summed E-state index contributed by atoms with van der Waals surface area (Å²) in [5.74, 6) is 1.50. The van der Waals surface area contributed by atoms with Gasteiger partial charge in [0.25, 0.3) is 5.91 Å². The third kappa shape index (κ3) is 3.04. The number of carbonyl (C=O) groups excluding carboxylic acids is 1. The van der Waals surface area contributed by atoms with E-state index in [4.69, 9.17) is 11.6 Å². The van der Waals surface area contributed by atoms with Crippen LogP contribution < -0.4 is 4.90 Å². The molecular weight excluding hydrogens is 416 g/mol. The number of benzene rings is 3. The summed E-state index contributed by atoms with van der Waals surface area (Å²) in [7, 11) is 0. The van der Waals surface area contributed by atoms with Gasteiger partial charge in [0, 0.05) is 45.6 Å². The van der Waals surface area contributed by atoms with Crippen molar-refractivity contribution in [3.8, 4) is 5.75 Å².